The molecule has 0 amide bonds. The summed E-state index contributed by atoms with van der Waals surface area (Å²) in [4.78, 5) is 12.3. The zero-order valence-electron chi connectivity index (χ0n) is 9.41. The van der Waals surface area contributed by atoms with Gasteiger partial charge in [0, 0.05) is 11.1 Å². The van der Waals surface area contributed by atoms with Gasteiger partial charge in [-0.05, 0) is 49.0 Å². The van der Waals surface area contributed by atoms with Crippen LogP contribution in [0.25, 0.3) is 5.57 Å². The maximum absolute atomic E-state index is 12.3. The fourth-order valence-electron chi connectivity index (χ4n) is 3.00. The molecule has 0 fully saturated rings. The van der Waals surface area contributed by atoms with E-state index >= 15 is 0 Å². The monoisotopic (exact) mass is 228 g/mol. The molecule has 3 heteroatoms. The van der Waals surface area contributed by atoms with Gasteiger partial charge < -0.3 is 9.47 Å². The molecule has 1 aromatic rings. The van der Waals surface area contributed by atoms with Crippen molar-refractivity contribution in [3.05, 3.63) is 28.8 Å². The quantitative estimate of drug-likeness (QED) is 0.684. The van der Waals surface area contributed by atoms with Crippen molar-refractivity contribution in [2.45, 2.75) is 25.7 Å². The standard InChI is InChI=1S/C14H12O3/c15-14-9-4-2-1-3-8(9)10-5-12-13(6-11(10)14)17-7-16-12/h5-6H,1-4,7H2. The van der Waals surface area contributed by atoms with Crippen molar-refractivity contribution in [2.24, 2.45) is 0 Å². The van der Waals surface area contributed by atoms with Gasteiger partial charge in [-0.15, -0.1) is 0 Å². The molecule has 0 spiro atoms. The Morgan fingerprint density at radius 2 is 1.53 bits per heavy atom. The largest absolute Gasteiger partial charge is 0.454 e. The minimum absolute atomic E-state index is 0.202. The van der Waals surface area contributed by atoms with Crippen molar-refractivity contribution in [2.75, 3.05) is 6.79 Å². The Kier molecular flexibility index (Phi) is 1.71. The number of Topliss-reactive ketones (excluding diaryl/α,β-unsaturated/α-hetero) is 1. The van der Waals surface area contributed by atoms with Crippen molar-refractivity contribution >= 4 is 11.4 Å². The SMILES string of the molecule is O=C1C2=C(CCCC2)c2cc3c(cc21)OCO3. The van der Waals surface area contributed by atoms with Gasteiger partial charge >= 0.3 is 0 Å². The molecule has 0 aromatic heterocycles. The van der Waals surface area contributed by atoms with E-state index in [0.717, 1.165) is 41.7 Å². The molecule has 3 aliphatic rings. The topological polar surface area (TPSA) is 35.5 Å². The number of carbonyl (C=O) groups is 1. The number of hydrogen-bond donors (Lipinski definition) is 0. The summed E-state index contributed by atoms with van der Waals surface area (Å²) in [5.74, 6) is 1.68. The number of ether oxygens (including phenoxy) is 2. The first-order valence-electron chi connectivity index (χ1n) is 6.05. The second kappa shape index (κ2) is 3.13. The van der Waals surface area contributed by atoms with E-state index in [1.807, 2.05) is 12.1 Å². The molecule has 0 bridgehead atoms. The van der Waals surface area contributed by atoms with Crippen LogP contribution in [0, 0.1) is 0 Å². The molecule has 0 N–H and O–H groups in total. The van der Waals surface area contributed by atoms with Gasteiger partial charge in [0.25, 0.3) is 0 Å². The first-order chi connectivity index (χ1) is 8.34. The summed E-state index contributed by atoms with van der Waals surface area (Å²) in [6, 6.07) is 3.82. The average Bonchev–Trinajstić information content (AvgIpc) is 2.92. The van der Waals surface area contributed by atoms with Crippen molar-refractivity contribution in [3.8, 4) is 11.5 Å². The van der Waals surface area contributed by atoms with Crippen molar-refractivity contribution < 1.29 is 14.3 Å². The Bertz CT molecular complexity index is 569. The predicted octanol–water partition coefficient (Wildman–Crippen LogP) is 2.94. The lowest BCUT2D eigenvalue weighted by atomic mass is 9.92. The van der Waals surface area contributed by atoms with Crippen LogP contribution in [0.5, 0.6) is 11.5 Å². The number of rotatable bonds is 0. The summed E-state index contributed by atoms with van der Waals surface area (Å²) in [5, 5.41) is 0. The van der Waals surface area contributed by atoms with Gasteiger partial charge in [-0.2, -0.15) is 0 Å². The van der Waals surface area contributed by atoms with Gasteiger partial charge in [0.2, 0.25) is 6.79 Å². The third-order valence-corrected chi connectivity index (χ3v) is 3.82. The highest BCUT2D eigenvalue weighted by molar-refractivity contribution is 6.21. The van der Waals surface area contributed by atoms with Crippen molar-refractivity contribution in [3.63, 3.8) is 0 Å². The summed E-state index contributed by atoms with van der Waals surface area (Å²) < 4.78 is 10.7. The van der Waals surface area contributed by atoms with Crippen LogP contribution in [0.15, 0.2) is 17.7 Å². The normalized spacial score (nSPS) is 20.6. The van der Waals surface area contributed by atoms with E-state index in [4.69, 9.17) is 9.47 Å². The highest BCUT2D eigenvalue weighted by Crippen LogP contribution is 2.46. The molecule has 3 nitrogen and oxygen atoms in total. The lowest BCUT2D eigenvalue weighted by Gasteiger charge is -2.12. The van der Waals surface area contributed by atoms with Crippen LogP contribution in [0.1, 0.15) is 41.6 Å². The minimum Gasteiger partial charge on any atom is -0.454 e. The van der Waals surface area contributed by atoms with E-state index in [-0.39, 0.29) is 12.6 Å². The molecule has 17 heavy (non-hydrogen) atoms. The van der Waals surface area contributed by atoms with Crippen LogP contribution in [0.2, 0.25) is 0 Å². The maximum atomic E-state index is 12.3. The third kappa shape index (κ3) is 1.14. The summed E-state index contributed by atoms with van der Waals surface area (Å²) in [6.07, 6.45) is 4.26. The maximum Gasteiger partial charge on any atom is 0.231 e. The van der Waals surface area contributed by atoms with Gasteiger partial charge in [-0.25, -0.2) is 0 Å². The van der Waals surface area contributed by atoms with Gasteiger partial charge in [-0.3, -0.25) is 4.79 Å². The molecule has 0 saturated heterocycles. The Hall–Kier alpha value is -1.77. The molecule has 86 valence electrons. The van der Waals surface area contributed by atoms with E-state index in [9.17, 15) is 4.79 Å². The third-order valence-electron chi connectivity index (χ3n) is 3.82. The predicted molar refractivity (Wildman–Crippen MR) is 62.3 cm³/mol. The van der Waals surface area contributed by atoms with Crippen LogP contribution in [-0.2, 0) is 0 Å². The Balaban J connectivity index is 1.94. The van der Waals surface area contributed by atoms with Crippen LogP contribution in [0.4, 0.5) is 0 Å². The number of benzene rings is 1. The van der Waals surface area contributed by atoms with Crippen LogP contribution in [0.3, 0.4) is 0 Å². The van der Waals surface area contributed by atoms with Crippen LogP contribution >= 0.6 is 0 Å². The molecule has 1 aromatic carbocycles. The second-order valence-electron chi connectivity index (χ2n) is 4.74. The molecule has 4 rings (SSSR count). The molecule has 1 aliphatic heterocycles. The van der Waals surface area contributed by atoms with E-state index < -0.39 is 0 Å². The summed E-state index contributed by atoms with van der Waals surface area (Å²) >= 11 is 0. The molecule has 0 saturated carbocycles. The molecule has 1 heterocycles. The lowest BCUT2D eigenvalue weighted by Crippen LogP contribution is -2.01. The smallest absolute Gasteiger partial charge is 0.231 e. The number of allylic oxidation sites excluding steroid dienone is 2. The Morgan fingerprint density at radius 3 is 2.29 bits per heavy atom. The van der Waals surface area contributed by atoms with E-state index in [1.165, 1.54) is 12.0 Å². The van der Waals surface area contributed by atoms with Crippen LogP contribution < -0.4 is 9.47 Å². The number of carbonyl (C=O) groups excluding carboxylic acids is 1. The summed E-state index contributed by atoms with van der Waals surface area (Å²) in [5.41, 5.74) is 4.15. The average molecular weight is 228 g/mol. The van der Waals surface area contributed by atoms with Crippen molar-refractivity contribution in [1.29, 1.82) is 0 Å². The zero-order chi connectivity index (χ0) is 11.4. The van der Waals surface area contributed by atoms with E-state index in [1.54, 1.807) is 0 Å². The molecular formula is C14H12O3. The van der Waals surface area contributed by atoms with Gasteiger partial charge in [0.05, 0.1) is 0 Å². The lowest BCUT2D eigenvalue weighted by molar-refractivity contribution is 0.103. The zero-order valence-corrected chi connectivity index (χ0v) is 9.41. The highest BCUT2D eigenvalue weighted by Gasteiger charge is 2.33. The first-order valence-corrected chi connectivity index (χ1v) is 6.05. The number of hydrogen-bond acceptors (Lipinski definition) is 3. The first kappa shape index (κ1) is 9.28. The van der Waals surface area contributed by atoms with Crippen molar-refractivity contribution in [1.82, 2.24) is 0 Å². The molecule has 0 radical (unpaired) electrons. The van der Waals surface area contributed by atoms with E-state index in [0.29, 0.717) is 5.75 Å². The summed E-state index contributed by atoms with van der Waals surface area (Å²) in [7, 11) is 0. The molecule has 0 atom stereocenters. The van der Waals surface area contributed by atoms with Gasteiger partial charge in [0.15, 0.2) is 17.3 Å². The molecule has 0 unspecified atom stereocenters. The number of ketones is 1. The van der Waals surface area contributed by atoms with Gasteiger partial charge in [-0.1, -0.05) is 0 Å². The molecule has 2 aliphatic carbocycles. The van der Waals surface area contributed by atoms with Gasteiger partial charge in [0.1, 0.15) is 0 Å². The summed E-state index contributed by atoms with van der Waals surface area (Å²) in [6.45, 7) is 0.262. The second-order valence-corrected chi connectivity index (χ2v) is 4.74. The minimum atomic E-state index is 0.202. The Labute approximate surface area is 99.0 Å². The fraction of sp³-hybridized carbons (Fsp3) is 0.357. The fourth-order valence-corrected chi connectivity index (χ4v) is 3.00. The highest BCUT2D eigenvalue weighted by atomic mass is 16.7. The molecular weight excluding hydrogens is 216 g/mol. The van der Waals surface area contributed by atoms with Crippen LogP contribution in [-0.4, -0.2) is 12.6 Å². The number of fused-ring (bicyclic) bond motifs is 3. The van der Waals surface area contributed by atoms with E-state index in [2.05, 4.69) is 0 Å². The Morgan fingerprint density at radius 1 is 0.882 bits per heavy atom.